The van der Waals surface area contributed by atoms with Crippen LogP contribution in [0.4, 0.5) is 9.59 Å². The van der Waals surface area contributed by atoms with E-state index in [4.69, 9.17) is 9.47 Å². The van der Waals surface area contributed by atoms with E-state index in [1.54, 1.807) is 20.8 Å². The van der Waals surface area contributed by atoms with E-state index in [2.05, 4.69) is 36.1 Å². The van der Waals surface area contributed by atoms with Gasteiger partial charge in [-0.1, -0.05) is 55.5 Å². The van der Waals surface area contributed by atoms with Crippen molar-refractivity contribution in [1.82, 2.24) is 14.7 Å². The lowest BCUT2D eigenvalue weighted by Gasteiger charge is -2.46. The molecule has 1 unspecified atom stereocenters. The lowest BCUT2D eigenvalue weighted by atomic mass is 9.85. The van der Waals surface area contributed by atoms with E-state index < -0.39 is 29.3 Å². The Balaban J connectivity index is 1.36. The molecule has 0 radical (unpaired) electrons. The molecule has 43 heavy (non-hydrogen) atoms. The second-order valence-electron chi connectivity index (χ2n) is 13.3. The van der Waals surface area contributed by atoms with Crippen molar-refractivity contribution < 1.29 is 29.0 Å². The molecule has 2 fully saturated rings. The number of carbonyl (C=O) groups is 3. The van der Waals surface area contributed by atoms with Crippen molar-refractivity contribution in [2.75, 3.05) is 45.9 Å². The molecule has 1 atom stereocenters. The van der Waals surface area contributed by atoms with E-state index in [0.29, 0.717) is 0 Å². The van der Waals surface area contributed by atoms with Crippen LogP contribution in [0.2, 0.25) is 0 Å². The number of ether oxygens (including phenoxy) is 2. The Morgan fingerprint density at radius 2 is 1.51 bits per heavy atom. The van der Waals surface area contributed by atoms with E-state index in [0.717, 1.165) is 54.7 Å². The quantitative estimate of drug-likeness (QED) is 0.413. The highest BCUT2D eigenvalue weighted by Crippen LogP contribution is 2.44. The molecule has 2 aromatic carbocycles. The molecule has 2 aliphatic heterocycles. The highest BCUT2D eigenvalue weighted by Gasteiger charge is 2.51. The first-order chi connectivity index (χ1) is 20.5. The van der Waals surface area contributed by atoms with E-state index in [1.807, 2.05) is 24.3 Å². The summed E-state index contributed by atoms with van der Waals surface area (Å²) < 4.78 is 11.6. The Morgan fingerprint density at radius 1 is 0.953 bits per heavy atom. The minimum atomic E-state index is -1.49. The summed E-state index contributed by atoms with van der Waals surface area (Å²) in [4.78, 5) is 45.2. The number of fused-ring (bicyclic) bond motifs is 3. The molecule has 2 heterocycles. The van der Waals surface area contributed by atoms with Gasteiger partial charge in [0.2, 0.25) is 0 Å². The molecular weight excluding hydrogens is 546 g/mol. The summed E-state index contributed by atoms with van der Waals surface area (Å²) in [5, 5.41) is 10.7. The number of benzene rings is 2. The van der Waals surface area contributed by atoms with Gasteiger partial charge >= 0.3 is 18.2 Å². The number of carbonyl (C=O) groups excluding carboxylic acids is 2. The fourth-order valence-corrected chi connectivity index (χ4v) is 6.86. The van der Waals surface area contributed by atoms with Gasteiger partial charge in [0.15, 0.2) is 0 Å². The fourth-order valence-electron chi connectivity index (χ4n) is 6.86. The molecule has 0 aromatic heterocycles. The van der Waals surface area contributed by atoms with Crippen molar-refractivity contribution in [2.45, 2.75) is 70.4 Å². The van der Waals surface area contributed by atoms with Gasteiger partial charge in [0.05, 0.1) is 0 Å². The van der Waals surface area contributed by atoms with Crippen molar-refractivity contribution >= 4 is 18.2 Å². The average molecular weight is 592 g/mol. The van der Waals surface area contributed by atoms with Crippen LogP contribution in [-0.4, -0.2) is 95.0 Å². The average Bonchev–Trinajstić information content (AvgIpc) is 3.59. The second-order valence-corrected chi connectivity index (χ2v) is 13.3. The summed E-state index contributed by atoms with van der Waals surface area (Å²) in [5.74, 6) is -1.16. The zero-order valence-corrected chi connectivity index (χ0v) is 25.9. The first-order valence-electron chi connectivity index (χ1n) is 15.5. The minimum Gasteiger partial charge on any atom is -0.479 e. The van der Waals surface area contributed by atoms with Gasteiger partial charge in [-0.2, -0.15) is 0 Å². The number of likely N-dealkylation sites (tertiary alicyclic amines) is 2. The van der Waals surface area contributed by atoms with Gasteiger partial charge in [-0.15, -0.1) is 0 Å². The Kier molecular flexibility index (Phi) is 9.02. The molecule has 1 N–H and O–H groups in total. The Hall–Kier alpha value is -3.59. The first kappa shape index (κ1) is 30.9. The van der Waals surface area contributed by atoms with Crippen LogP contribution in [0.15, 0.2) is 48.5 Å². The highest BCUT2D eigenvalue weighted by molar-refractivity contribution is 5.85. The molecule has 0 saturated carbocycles. The normalized spacial score (nSPS) is 18.9. The van der Waals surface area contributed by atoms with Gasteiger partial charge < -0.3 is 24.4 Å². The summed E-state index contributed by atoms with van der Waals surface area (Å²) in [6, 6.07) is 16.3. The van der Waals surface area contributed by atoms with Crippen molar-refractivity contribution in [3.8, 4) is 11.1 Å². The number of carboxylic acid groups (broad SMARTS) is 1. The molecule has 9 heteroatoms. The van der Waals surface area contributed by atoms with Gasteiger partial charge in [-0.25, -0.2) is 14.4 Å². The summed E-state index contributed by atoms with van der Waals surface area (Å²) >= 11 is 0. The molecule has 0 spiro atoms. The number of amides is 2. The van der Waals surface area contributed by atoms with Crippen LogP contribution in [0.3, 0.4) is 0 Å². The Morgan fingerprint density at radius 3 is 2.05 bits per heavy atom. The number of hydrogen-bond acceptors (Lipinski definition) is 6. The van der Waals surface area contributed by atoms with Crippen LogP contribution in [-0.2, 0) is 14.3 Å². The maximum atomic E-state index is 14.0. The largest absolute Gasteiger partial charge is 0.479 e. The van der Waals surface area contributed by atoms with Crippen molar-refractivity contribution in [1.29, 1.82) is 0 Å². The molecule has 1 aliphatic carbocycles. The maximum absolute atomic E-state index is 14.0. The number of carboxylic acids is 1. The van der Waals surface area contributed by atoms with Crippen molar-refractivity contribution in [2.24, 2.45) is 5.92 Å². The zero-order valence-electron chi connectivity index (χ0n) is 25.9. The van der Waals surface area contributed by atoms with Gasteiger partial charge in [-0.05, 0) is 87.7 Å². The number of hydrogen-bond donors (Lipinski definition) is 1. The Labute approximate surface area is 254 Å². The van der Waals surface area contributed by atoms with Crippen molar-refractivity contribution in [3.63, 3.8) is 0 Å². The smallest absolute Gasteiger partial charge is 0.410 e. The SMILES string of the molecule is CC(CN1CCCC1)CN(C(=O)OCC1c2ccccc2-c2ccccc21)C1(C(=O)O)CCN(C(=O)OC(C)(C)C)CC1. The number of piperidine rings is 1. The van der Waals surface area contributed by atoms with Gasteiger partial charge in [0.25, 0.3) is 0 Å². The topological polar surface area (TPSA) is 99.6 Å². The Bertz CT molecular complexity index is 1280. The summed E-state index contributed by atoms with van der Waals surface area (Å²) in [5.41, 5.74) is 2.32. The van der Waals surface area contributed by atoms with Crippen LogP contribution in [0.5, 0.6) is 0 Å². The molecule has 0 bridgehead atoms. The molecule has 9 nitrogen and oxygen atoms in total. The maximum Gasteiger partial charge on any atom is 0.410 e. The number of aliphatic carboxylic acids is 1. The molecule has 2 aromatic rings. The third kappa shape index (κ3) is 6.66. The molecular formula is C34H45N3O6. The van der Waals surface area contributed by atoms with E-state index in [1.165, 1.54) is 9.80 Å². The lowest BCUT2D eigenvalue weighted by Crippen LogP contribution is -2.63. The van der Waals surface area contributed by atoms with E-state index in [-0.39, 0.29) is 50.9 Å². The van der Waals surface area contributed by atoms with Gasteiger partial charge in [0, 0.05) is 32.1 Å². The second kappa shape index (κ2) is 12.6. The summed E-state index contributed by atoms with van der Waals surface area (Å²) in [6.07, 6.45) is 1.42. The van der Waals surface area contributed by atoms with Gasteiger partial charge in [0.1, 0.15) is 17.7 Å². The van der Waals surface area contributed by atoms with E-state index in [9.17, 15) is 19.5 Å². The molecule has 232 valence electrons. The lowest BCUT2D eigenvalue weighted by molar-refractivity contribution is -0.154. The highest BCUT2D eigenvalue weighted by atomic mass is 16.6. The van der Waals surface area contributed by atoms with Crippen LogP contribution < -0.4 is 0 Å². The predicted octanol–water partition coefficient (Wildman–Crippen LogP) is 5.82. The van der Waals surface area contributed by atoms with Crippen molar-refractivity contribution in [3.05, 3.63) is 59.7 Å². The number of rotatable bonds is 8. The summed E-state index contributed by atoms with van der Waals surface area (Å²) in [7, 11) is 0. The van der Waals surface area contributed by atoms with Gasteiger partial charge in [-0.3, -0.25) is 4.90 Å². The molecule has 2 saturated heterocycles. The van der Waals surface area contributed by atoms with Crippen LogP contribution >= 0.6 is 0 Å². The minimum absolute atomic E-state index is 0.0405. The van der Waals surface area contributed by atoms with Crippen LogP contribution in [0.1, 0.15) is 70.4 Å². The van der Waals surface area contributed by atoms with E-state index >= 15 is 0 Å². The third-order valence-electron chi connectivity index (χ3n) is 8.98. The molecule has 5 rings (SSSR count). The van der Waals surface area contributed by atoms with Crippen LogP contribution in [0.25, 0.3) is 11.1 Å². The zero-order chi connectivity index (χ0) is 30.8. The van der Waals surface area contributed by atoms with Crippen LogP contribution in [0, 0.1) is 5.92 Å². The summed E-state index contributed by atoms with van der Waals surface area (Å²) in [6.45, 7) is 11.0. The monoisotopic (exact) mass is 591 g/mol. The molecule has 3 aliphatic rings. The standard InChI is InChI=1S/C34H45N3O6/c1-24(21-35-17-9-10-18-35)22-37(34(30(38)39)15-19-36(20-16-34)31(40)43-33(2,3)4)32(41)42-23-29-27-13-7-5-11-25(27)26-12-6-8-14-28(26)29/h5-8,11-14,24,29H,9-10,15-23H2,1-4H3,(H,38,39). The predicted molar refractivity (Wildman–Crippen MR) is 164 cm³/mol. The third-order valence-corrected chi connectivity index (χ3v) is 8.98. The fraction of sp³-hybridized carbons (Fsp3) is 0.559. The first-order valence-corrected chi connectivity index (χ1v) is 15.5. The number of nitrogens with zero attached hydrogens (tertiary/aromatic N) is 3. The molecule has 2 amide bonds.